The maximum Gasteiger partial charge on any atom is 0.223 e. The first kappa shape index (κ1) is 18.8. The highest BCUT2D eigenvalue weighted by molar-refractivity contribution is 5.81. The van der Waals surface area contributed by atoms with E-state index in [1.807, 2.05) is 0 Å². The number of halogens is 2. The Bertz CT molecular complexity index is 675. The molecule has 2 heterocycles. The minimum atomic E-state index is -0.530. The van der Waals surface area contributed by atoms with Crippen molar-refractivity contribution in [1.82, 2.24) is 15.1 Å². The second-order valence-corrected chi connectivity index (χ2v) is 8.31. The number of benzene rings is 1. The Morgan fingerprint density at radius 3 is 2.56 bits per heavy atom. The van der Waals surface area contributed by atoms with Crippen molar-refractivity contribution in [3.05, 3.63) is 35.4 Å². The van der Waals surface area contributed by atoms with Crippen LogP contribution in [0.3, 0.4) is 0 Å². The first-order valence-corrected chi connectivity index (χ1v) is 10.3. The zero-order valence-electron chi connectivity index (χ0n) is 15.8. The summed E-state index contributed by atoms with van der Waals surface area (Å²) in [6, 6.07) is 4.23. The number of piperazine rings is 1. The Labute approximate surface area is 159 Å². The smallest absolute Gasteiger partial charge is 0.223 e. The van der Waals surface area contributed by atoms with Gasteiger partial charge in [0.15, 0.2) is 0 Å². The van der Waals surface area contributed by atoms with Crippen molar-refractivity contribution in [2.75, 3.05) is 32.7 Å². The van der Waals surface area contributed by atoms with E-state index in [4.69, 9.17) is 0 Å². The van der Waals surface area contributed by atoms with Crippen molar-refractivity contribution in [2.24, 2.45) is 11.8 Å². The Morgan fingerprint density at radius 2 is 1.78 bits per heavy atom. The fraction of sp³-hybridized carbons (Fsp3) is 0.667. The highest BCUT2D eigenvalue weighted by Crippen LogP contribution is 2.37. The molecule has 3 unspecified atom stereocenters. The molecule has 1 aromatic carbocycles. The minimum Gasteiger partial charge on any atom is -0.353 e. The quantitative estimate of drug-likeness (QED) is 0.857. The van der Waals surface area contributed by atoms with Gasteiger partial charge in [-0.25, -0.2) is 8.78 Å². The summed E-state index contributed by atoms with van der Waals surface area (Å²) < 4.78 is 26.9. The van der Waals surface area contributed by atoms with Crippen LogP contribution in [-0.4, -0.2) is 54.5 Å². The maximum atomic E-state index is 13.8. The molecule has 4 rings (SSSR count). The van der Waals surface area contributed by atoms with E-state index in [1.165, 1.54) is 31.4 Å². The SMILES string of the molecule is O=C1NC2CCCCC2C1CCN1CCN(Cc2ccc(F)cc2F)CC1. The van der Waals surface area contributed by atoms with Gasteiger partial charge >= 0.3 is 0 Å². The number of amides is 1. The highest BCUT2D eigenvalue weighted by atomic mass is 19.1. The molecule has 1 amide bonds. The molecule has 148 valence electrons. The molecule has 6 heteroatoms. The zero-order chi connectivity index (χ0) is 18.8. The standard InChI is InChI=1S/C21H29F2N3O/c22-16-6-5-15(19(23)13-16)14-26-11-9-25(10-12-26)8-7-18-17-3-1-2-4-20(17)24-21(18)27/h5-6,13,17-18,20H,1-4,7-12,14H2,(H,24,27). The molecule has 2 aliphatic heterocycles. The van der Waals surface area contributed by atoms with Crippen molar-refractivity contribution in [1.29, 1.82) is 0 Å². The third kappa shape index (κ3) is 4.32. The van der Waals surface area contributed by atoms with Crippen molar-refractivity contribution in [3.8, 4) is 0 Å². The van der Waals surface area contributed by atoms with E-state index in [9.17, 15) is 13.6 Å². The van der Waals surface area contributed by atoms with Gasteiger partial charge < -0.3 is 10.2 Å². The van der Waals surface area contributed by atoms with Gasteiger partial charge in [0.1, 0.15) is 11.6 Å². The summed E-state index contributed by atoms with van der Waals surface area (Å²) in [5.74, 6) is -0.0168. The van der Waals surface area contributed by atoms with Crippen molar-refractivity contribution < 1.29 is 13.6 Å². The van der Waals surface area contributed by atoms with E-state index in [0.717, 1.165) is 51.6 Å². The molecule has 3 aliphatic rings. The van der Waals surface area contributed by atoms with Gasteiger partial charge in [-0.05, 0) is 37.8 Å². The summed E-state index contributed by atoms with van der Waals surface area (Å²) in [4.78, 5) is 17.0. The molecule has 3 atom stereocenters. The number of fused-ring (bicyclic) bond motifs is 1. The van der Waals surface area contributed by atoms with Crippen LogP contribution in [0.5, 0.6) is 0 Å². The predicted molar refractivity (Wildman–Crippen MR) is 100 cm³/mol. The summed E-state index contributed by atoms with van der Waals surface area (Å²) in [6.45, 7) is 5.10. The van der Waals surface area contributed by atoms with Crippen LogP contribution < -0.4 is 5.32 Å². The maximum absolute atomic E-state index is 13.8. The van der Waals surface area contributed by atoms with Gasteiger partial charge in [0.2, 0.25) is 5.91 Å². The molecular weight excluding hydrogens is 348 g/mol. The average molecular weight is 377 g/mol. The number of nitrogens with one attached hydrogen (secondary N) is 1. The van der Waals surface area contributed by atoms with E-state index >= 15 is 0 Å². The van der Waals surface area contributed by atoms with Gasteiger partial charge in [-0.3, -0.25) is 9.69 Å². The number of hydrogen-bond acceptors (Lipinski definition) is 3. The van der Waals surface area contributed by atoms with Crippen LogP contribution in [0, 0.1) is 23.5 Å². The Balaban J connectivity index is 1.23. The van der Waals surface area contributed by atoms with E-state index in [2.05, 4.69) is 15.1 Å². The van der Waals surface area contributed by atoms with Gasteiger partial charge in [0, 0.05) is 56.3 Å². The summed E-state index contributed by atoms with van der Waals surface area (Å²) in [5, 5.41) is 3.21. The van der Waals surface area contributed by atoms with Gasteiger partial charge in [-0.1, -0.05) is 18.9 Å². The Kier molecular flexibility index (Phi) is 5.74. The first-order valence-electron chi connectivity index (χ1n) is 10.3. The summed E-state index contributed by atoms with van der Waals surface area (Å²) in [5.41, 5.74) is 0.552. The molecule has 1 N–H and O–H groups in total. The molecule has 4 nitrogen and oxygen atoms in total. The van der Waals surface area contributed by atoms with Gasteiger partial charge in [0.25, 0.3) is 0 Å². The normalized spacial score (nSPS) is 29.6. The van der Waals surface area contributed by atoms with Crippen molar-refractivity contribution in [3.63, 3.8) is 0 Å². The third-order valence-electron chi connectivity index (χ3n) is 6.63. The van der Waals surface area contributed by atoms with Crippen LogP contribution in [0.4, 0.5) is 8.78 Å². The first-order chi connectivity index (χ1) is 13.1. The second kappa shape index (κ2) is 8.23. The number of carbonyl (C=O) groups is 1. The molecule has 0 spiro atoms. The monoisotopic (exact) mass is 377 g/mol. The van der Waals surface area contributed by atoms with Crippen LogP contribution in [-0.2, 0) is 11.3 Å². The number of rotatable bonds is 5. The van der Waals surface area contributed by atoms with E-state index < -0.39 is 11.6 Å². The van der Waals surface area contributed by atoms with E-state index in [1.54, 1.807) is 0 Å². The lowest BCUT2D eigenvalue weighted by molar-refractivity contribution is -0.123. The van der Waals surface area contributed by atoms with Crippen LogP contribution in [0.1, 0.15) is 37.7 Å². The predicted octanol–water partition coefficient (Wildman–Crippen LogP) is 2.78. The fourth-order valence-corrected chi connectivity index (χ4v) is 5.03. The summed E-state index contributed by atoms with van der Waals surface area (Å²) in [6.07, 6.45) is 5.77. The lowest BCUT2D eigenvalue weighted by atomic mass is 9.78. The summed E-state index contributed by atoms with van der Waals surface area (Å²) >= 11 is 0. The van der Waals surface area contributed by atoms with Gasteiger partial charge in [-0.15, -0.1) is 0 Å². The molecule has 1 saturated carbocycles. The number of nitrogens with zero attached hydrogens (tertiary/aromatic N) is 2. The molecule has 1 aliphatic carbocycles. The lowest BCUT2D eigenvalue weighted by Gasteiger charge is -2.35. The molecule has 0 radical (unpaired) electrons. The molecule has 0 bridgehead atoms. The zero-order valence-corrected chi connectivity index (χ0v) is 15.8. The molecular formula is C21H29F2N3O. The fourth-order valence-electron chi connectivity index (χ4n) is 5.03. The van der Waals surface area contributed by atoms with Crippen LogP contribution in [0.15, 0.2) is 18.2 Å². The summed E-state index contributed by atoms with van der Waals surface area (Å²) in [7, 11) is 0. The number of hydrogen-bond donors (Lipinski definition) is 1. The highest BCUT2D eigenvalue weighted by Gasteiger charge is 2.42. The van der Waals surface area contributed by atoms with E-state index in [-0.39, 0.29) is 11.8 Å². The van der Waals surface area contributed by atoms with Crippen molar-refractivity contribution in [2.45, 2.75) is 44.7 Å². The second-order valence-electron chi connectivity index (χ2n) is 8.31. The van der Waals surface area contributed by atoms with Gasteiger partial charge in [0.05, 0.1) is 0 Å². The minimum absolute atomic E-state index is 0.182. The van der Waals surface area contributed by atoms with Crippen LogP contribution in [0.2, 0.25) is 0 Å². The average Bonchev–Trinajstić information content (AvgIpc) is 2.98. The van der Waals surface area contributed by atoms with Crippen molar-refractivity contribution >= 4 is 5.91 Å². The molecule has 2 saturated heterocycles. The third-order valence-corrected chi connectivity index (χ3v) is 6.63. The lowest BCUT2D eigenvalue weighted by Crippen LogP contribution is -2.46. The van der Waals surface area contributed by atoms with Crippen LogP contribution in [0.25, 0.3) is 0 Å². The molecule has 27 heavy (non-hydrogen) atoms. The van der Waals surface area contributed by atoms with Gasteiger partial charge in [-0.2, -0.15) is 0 Å². The molecule has 0 aromatic heterocycles. The molecule has 1 aromatic rings. The topological polar surface area (TPSA) is 35.6 Å². The number of carbonyl (C=O) groups excluding carboxylic acids is 1. The van der Waals surface area contributed by atoms with E-state index in [0.29, 0.717) is 24.1 Å². The Hall–Kier alpha value is -1.53. The largest absolute Gasteiger partial charge is 0.353 e. The molecule has 3 fully saturated rings. The van der Waals surface area contributed by atoms with Crippen LogP contribution >= 0.6 is 0 Å². The Morgan fingerprint density at radius 1 is 1.04 bits per heavy atom.